The Morgan fingerprint density at radius 1 is 1.23 bits per heavy atom. The van der Waals surface area contributed by atoms with E-state index in [1.807, 2.05) is 23.2 Å². The van der Waals surface area contributed by atoms with E-state index in [-0.39, 0.29) is 28.8 Å². The van der Waals surface area contributed by atoms with Gasteiger partial charge in [-0.05, 0) is 60.9 Å². The molecule has 1 saturated carbocycles. The first-order valence-electron chi connectivity index (χ1n) is 12.1. The van der Waals surface area contributed by atoms with Gasteiger partial charge in [-0.25, -0.2) is 0 Å². The highest BCUT2D eigenvalue weighted by atomic mass is 19.4. The number of rotatable bonds is 5. The predicted octanol–water partition coefficient (Wildman–Crippen LogP) is 3.97. The van der Waals surface area contributed by atoms with Crippen molar-refractivity contribution in [2.45, 2.75) is 44.4 Å². The van der Waals surface area contributed by atoms with Crippen LogP contribution in [0, 0.1) is 22.7 Å². The van der Waals surface area contributed by atoms with Gasteiger partial charge < -0.3 is 10.2 Å². The summed E-state index contributed by atoms with van der Waals surface area (Å²) in [5.41, 5.74) is 0.0873. The number of amides is 1. The predicted molar refractivity (Wildman–Crippen MR) is 124 cm³/mol. The molecule has 1 unspecified atom stereocenters. The number of aromatic nitrogens is 1. The first-order valence-corrected chi connectivity index (χ1v) is 12.1. The Hall–Kier alpha value is -3.12. The molecule has 35 heavy (non-hydrogen) atoms. The number of halogens is 3. The number of piperidine rings is 1. The fourth-order valence-corrected chi connectivity index (χ4v) is 5.61. The number of alkyl halides is 3. The van der Waals surface area contributed by atoms with E-state index in [9.17, 15) is 18.0 Å². The smallest absolute Gasteiger partial charge is 0.371 e. The number of nitrogens with one attached hydrogen (secondary N) is 1. The largest absolute Gasteiger partial charge is 0.417 e. The van der Waals surface area contributed by atoms with E-state index in [1.165, 1.54) is 6.07 Å². The van der Waals surface area contributed by atoms with Crippen LogP contribution < -0.4 is 10.2 Å². The van der Waals surface area contributed by atoms with Crippen molar-refractivity contribution in [1.29, 1.82) is 5.26 Å². The lowest BCUT2D eigenvalue weighted by Gasteiger charge is -2.43. The fourth-order valence-electron chi connectivity index (χ4n) is 5.61. The summed E-state index contributed by atoms with van der Waals surface area (Å²) in [5.74, 6) is -0.0408. The van der Waals surface area contributed by atoms with Crippen molar-refractivity contribution < 1.29 is 18.0 Å². The molecule has 3 fully saturated rings. The molecule has 1 N–H and O–H groups in total. The molecule has 1 aliphatic carbocycles. The highest BCUT2D eigenvalue weighted by Gasteiger charge is 2.51. The number of carbonyl (C=O) groups is 1. The molecule has 6 nitrogen and oxygen atoms in total. The zero-order chi connectivity index (χ0) is 24.6. The average Bonchev–Trinajstić information content (AvgIpc) is 3.59. The Morgan fingerprint density at radius 2 is 2.00 bits per heavy atom. The molecule has 9 heteroatoms. The maximum absolute atomic E-state index is 13.5. The van der Waals surface area contributed by atoms with Crippen LogP contribution in [0.5, 0.6) is 0 Å². The number of pyridine rings is 1. The molecular formula is C26H28F3N5O. The van der Waals surface area contributed by atoms with E-state index in [4.69, 9.17) is 5.26 Å². The number of nitriles is 1. The molecule has 1 atom stereocenters. The lowest BCUT2D eigenvalue weighted by atomic mass is 9.70. The first-order chi connectivity index (χ1) is 16.8. The van der Waals surface area contributed by atoms with Crippen LogP contribution in [-0.4, -0.2) is 48.0 Å². The van der Waals surface area contributed by atoms with E-state index < -0.39 is 11.7 Å². The van der Waals surface area contributed by atoms with E-state index in [2.05, 4.69) is 15.2 Å². The lowest BCUT2D eigenvalue weighted by molar-refractivity contribution is -0.137. The molecular weight excluding hydrogens is 455 g/mol. The van der Waals surface area contributed by atoms with E-state index >= 15 is 0 Å². The molecule has 3 aliphatic rings. The number of likely N-dealkylation sites (tertiary alicyclic amines) is 1. The Labute approximate surface area is 202 Å². The van der Waals surface area contributed by atoms with Gasteiger partial charge in [0.2, 0.25) is 5.91 Å². The summed E-state index contributed by atoms with van der Waals surface area (Å²) in [7, 11) is 0. The third-order valence-electron chi connectivity index (χ3n) is 7.64. The van der Waals surface area contributed by atoms with E-state index in [0.717, 1.165) is 50.4 Å². The molecule has 5 rings (SSSR count). The molecule has 1 spiro atoms. The first kappa shape index (κ1) is 23.6. The standard InChI is InChI=1S/C26H28F3N5O/c27-26(28,29)22-12-21(6-3-19(22)13-30)34-10-7-25(8-11-34)17-33(15-18-2-1-9-31-14-18)16-23(25)24(35)32-20-4-5-20/h1-3,6,9,12,14,20,23H,4-5,7-8,10-11,15-17H2,(H,32,35). The monoisotopic (exact) mass is 483 g/mol. The zero-order valence-electron chi connectivity index (χ0n) is 19.4. The molecule has 0 bridgehead atoms. The maximum Gasteiger partial charge on any atom is 0.417 e. The van der Waals surface area contributed by atoms with Crippen molar-refractivity contribution >= 4 is 11.6 Å². The van der Waals surface area contributed by atoms with E-state index in [1.54, 1.807) is 18.3 Å². The lowest BCUT2D eigenvalue weighted by Crippen LogP contribution is -2.48. The van der Waals surface area contributed by atoms with Gasteiger partial charge in [0.25, 0.3) is 0 Å². The SMILES string of the molecule is N#Cc1ccc(N2CCC3(CC2)CN(Cc2cccnc2)CC3C(=O)NC2CC2)cc1C(F)(F)F. The topological polar surface area (TPSA) is 72.3 Å². The Morgan fingerprint density at radius 3 is 2.63 bits per heavy atom. The number of anilines is 1. The number of carbonyl (C=O) groups excluding carboxylic acids is 1. The van der Waals surface area contributed by atoms with Gasteiger partial charge in [0.1, 0.15) is 0 Å². The van der Waals surface area contributed by atoms with Crippen molar-refractivity contribution in [3.8, 4) is 6.07 Å². The van der Waals surface area contributed by atoms with Crippen LogP contribution in [0.25, 0.3) is 0 Å². The van der Waals surface area contributed by atoms with Crippen molar-refractivity contribution in [2.75, 3.05) is 31.1 Å². The van der Waals surface area contributed by atoms with Gasteiger partial charge in [0, 0.05) is 56.8 Å². The minimum absolute atomic E-state index is 0.104. The van der Waals surface area contributed by atoms with Crippen molar-refractivity contribution in [1.82, 2.24) is 15.2 Å². The van der Waals surface area contributed by atoms with Gasteiger partial charge in [-0.3, -0.25) is 14.7 Å². The summed E-state index contributed by atoms with van der Waals surface area (Å²) < 4.78 is 40.4. The minimum Gasteiger partial charge on any atom is -0.371 e. The summed E-state index contributed by atoms with van der Waals surface area (Å²) in [6.45, 7) is 3.30. The van der Waals surface area contributed by atoms with Crippen LogP contribution in [0.3, 0.4) is 0 Å². The van der Waals surface area contributed by atoms with Crippen molar-refractivity contribution in [2.24, 2.45) is 11.3 Å². The molecule has 1 aromatic heterocycles. The molecule has 1 amide bonds. The van der Waals surface area contributed by atoms with Gasteiger partial charge >= 0.3 is 6.18 Å². The van der Waals surface area contributed by atoms with Crippen LogP contribution in [0.15, 0.2) is 42.7 Å². The van der Waals surface area contributed by atoms with Crippen LogP contribution in [-0.2, 0) is 17.5 Å². The fraction of sp³-hybridized carbons (Fsp3) is 0.500. The number of benzene rings is 1. The van der Waals surface area contributed by atoms with Crippen LogP contribution in [0.1, 0.15) is 42.4 Å². The molecule has 2 aromatic rings. The third-order valence-corrected chi connectivity index (χ3v) is 7.64. The maximum atomic E-state index is 13.5. The number of hydrogen-bond acceptors (Lipinski definition) is 5. The van der Waals surface area contributed by atoms with Gasteiger partial charge in [-0.15, -0.1) is 0 Å². The summed E-state index contributed by atoms with van der Waals surface area (Å²) in [6, 6.07) is 9.78. The van der Waals surface area contributed by atoms with Crippen LogP contribution in [0.4, 0.5) is 18.9 Å². The summed E-state index contributed by atoms with van der Waals surface area (Å²) in [5, 5.41) is 12.3. The normalized spacial score (nSPS) is 22.2. The van der Waals surface area contributed by atoms with Crippen molar-refractivity contribution in [3.63, 3.8) is 0 Å². The quantitative estimate of drug-likeness (QED) is 0.697. The van der Waals surface area contributed by atoms with Crippen LogP contribution >= 0.6 is 0 Å². The molecule has 2 saturated heterocycles. The third kappa shape index (κ3) is 4.98. The summed E-state index contributed by atoms with van der Waals surface area (Å²) in [6.07, 6.45) is 2.50. The molecule has 3 heterocycles. The average molecular weight is 484 g/mol. The van der Waals surface area contributed by atoms with Gasteiger partial charge in [0.15, 0.2) is 0 Å². The molecule has 2 aliphatic heterocycles. The highest BCUT2D eigenvalue weighted by molar-refractivity contribution is 5.81. The minimum atomic E-state index is -4.58. The zero-order valence-corrected chi connectivity index (χ0v) is 19.4. The Balaban J connectivity index is 1.33. The molecule has 184 valence electrons. The second-order valence-corrected chi connectivity index (χ2v) is 10.1. The van der Waals surface area contributed by atoms with Crippen molar-refractivity contribution in [3.05, 3.63) is 59.4 Å². The summed E-state index contributed by atoms with van der Waals surface area (Å²) >= 11 is 0. The van der Waals surface area contributed by atoms with Crippen LogP contribution in [0.2, 0.25) is 0 Å². The molecule has 0 radical (unpaired) electrons. The highest BCUT2D eigenvalue weighted by Crippen LogP contribution is 2.46. The van der Waals surface area contributed by atoms with Gasteiger partial charge in [0.05, 0.1) is 23.1 Å². The second kappa shape index (κ2) is 9.15. The van der Waals surface area contributed by atoms with E-state index in [0.29, 0.717) is 25.3 Å². The second-order valence-electron chi connectivity index (χ2n) is 10.1. The molecule has 1 aromatic carbocycles. The Kier molecular flexibility index (Phi) is 6.18. The van der Waals surface area contributed by atoms with Gasteiger partial charge in [-0.2, -0.15) is 18.4 Å². The number of hydrogen-bond donors (Lipinski definition) is 1. The summed E-state index contributed by atoms with van der Waals surface area (Å²) in [4.78, 5) is 21.7. The Bertz CT molecular complexity index is 1120. The number of nitrogens with zero attached hydrogens (tertiary/aromatic N) is 4. The van der Waals surface area contributed by atoms with Gasteiger partial charge in [-0.1, -0.05) is 6.07 Å².